The van der Waals surface area contributed by atoms with E-state index in [-0.39, 0.29) is 11.8 Å². The van der Waals surface area contributed by atoms with Gasteiger partial charge in [0, 0.05) is 23.4 Å². The van der Waals surface area contributed by atoms with Crippen LogP contribution in [0.1, 0.15) is 16.1 Å². The minimum absolute atomic E-state index is 0.336. The van der Waals surface area contributed by atoms with Gasteiger partial charge in [0.1, 0.15) is 17.3 Å². The van der Waals surface area contributed by atoms with Crippen LogP contribution in [0.4, 0.5) is 11.4 Å². The van der Waals surface area contributed by atoms with E-state index in [4.69, 9.17) is 44.0 Å². The lowest BCUT2D eigenvalue weighted by Gasteiger charge is -2.12. The molecule has 6 nitrogen and oxygen atoms in total. The van der Waals surface area contributed by atoms with Gasteiger partial charge in [-0.1, -0.05) is 53.0 Å². The second-order valence-corrected chi connectivity index (χ2v) is 8.67. The molecule has 9 heteroatoms. The van der Waals surface area contributed by atoms with Crippen LogP contribution in [0.25, 0.3) is 17.4 Å². The zero-order valence-corrected chi connectivity index (χ0v) is 21.1. The summed E-state index contributed by atoms with van der Waals surface area (Å²) in [5.74, 6) is 0.596. The Hall–Kier alpha value is -3.71. The molecule has 0 atom stereocenters. The van der Waals surface area contributed by atoms with Crippen LogP contribution < -0.4 is 15.4 Å². The van der Waals surface area contributed by atoms with E-state index in [9.17, 15) is 9.59 Å². The molecule has 0 radical (unpaired) electrons. The predicted octanol–water partition coefficient (Wildman–Crippen LogP) is 7.82. The maximum absolute atomic E-state index is 12.6. The summed E-state index contributed by atoms with van der Waals surface area (Å²) in [6, 6.07) is 20.3. The molecule has 1 heterocycles. The maximum Gasteiger partial charge on any atom is 0.257 e. The van der Waals surface area contributed by atoms with E-state index in [1.165, 1.54) is 19.3 Å². The fourth-order valence-corrected chi connectivity index (χ4v) is 3.95. The third-order valence-corrected chi connectivity index (χ3v) is 6.23. The fourth-order valence-electron chi connectivity index (χ4n) is 3.33. The maximum atomic E-state index is 12.6. The zero-order valence-electron chi connectivity index (χ0n) is 18.8. The van der Waals surface area contributed by atoms with Crippen LogP contribution in [-0.4, -0.2) is 18.9 Å². The summed E-state index contributed by atoms with van der Waals surface area (Å²) in [6.07, 6.45) is 2.87. The lowest BCUT2D eigenvalue weighted by Crippen LogP contribution is -2.13. The van der Waals surface area contributed by atoms with Crippen molar-refractivity contribution in [3.63, 3.8) is 0 Å². The largest absolute Gasteiger partial charge is 0.494 e. The lowest BCUT2D eigenvalue weighted by molar-refractivity contribution is -0.111. The molecule has 2 N–H and O–H groups in total. The fraction of sp³-hybridized carbons (Fsp3) is 0.0370. The van der Waals surface area contributed by atoms with E-state index >= 15 is 0 Å². The molecule has 0 spiro atoms. The SMILES string of the molecule is COc1cc(NC(=O)C=Cc2ccc(-c3cccc(Cl)c3Cl)o2)ccc1NC(=O)c1ccccc1Cl. The molecule has 182 valence electrons. The minimum Gasteiger partial charge on any atom is -0.494 e. The van der Waals surface area contributed by atoms with Gasteiger partial charge in [0.15, 0.2) is 0 Å². The van der Waals surface area contributed by atoms with Crippen LogP contribution in [0.15, 0.2) is 83.3 Å². The van der Waals surface area contributed by atoms with E-state index in [2.05, 4.69) is 10.6 Å². The molecule has 2 amide bonds. The third kappa shape index (κ3) is 5.91. The van der Waals surface area contributed by atoms with Crippen LogP contribution in [0.2, 0.25) is 15.1 Å². The summed E-state index contributed by atoms with van der Waals surface area (Å²) in [7, 11) is 1.46. The molecular weight excluding hydrogens is 523 g/mol. The van der Waals surface area contributed by atoms with Crippen molar-refractivity contribution < 1.29 is 18.7 Å². The molecule has 36 heavy (non-hydrogen) atoms. The molecule has 4 aromatic rings. The van der Waals surface area contributed by atoms with Gasteiger partial charge in [0.25, 0.3) is 5.91 Å². The summed E-state index contributed by atoms with van der Waals surface area (Å²) in [6.45, 7) is 0. The first-order valence-electron chi connectivity index (χ1n) is 10.6. The molecule has 0 aliphatic carbocycles. The minimum atomic E-state index is -0.386. The summed E-state index contributed by atoms with van der Waals surface area (Å²) >= 11 is 18.4. The highest BCUT2D eigenvalue weighted by Gasteiger charge is 2.14. The number of methoxy groups -OCH3 is 1. The van der Waals surface area contributed by atoms with Crippen molar-refractivity contribution >= 4 is 64.1 Å². The monoisotopic (exact) mass is 540 g/mol. The molecule has 0 saturated heterocycles. The highest BCUT2D eigenvalue weighted by molar-refractivity contribution is 6.43. The molecule has 0 bridgehead atoms. The molecule has 1 aromatic heterocycles. The van der Waals surface area contributed by atoms with Gasteiger partial charge in [-0.05, 0) is 54.6 Å². The van der Waals surface area contributed by atoms with Crippen molar-refractivity contribution in [1.29, 1.82) is 0 Å². The Balaban J connectivity index is 1.42. The average molecular weight is 542 g/mol. The number of carbonyl (C=O) groups is 2. The number of anilines is 2. The topological polar surface area (TPSA) is 80.6 Å². The van der Waals surface area contributed by atoms with Crippen molar-refractivity contribution in [2.75, 3.05) is 17.7 Å². The smallest absolute Gasteiger partial charge is 0.257 e. The second-order valence-electron chi connectivity index (χ2n) is 7.48. The first-order chi connectivity index (χ1) is 17.4. The molecule has 0 aliphatic heterocycles. The van der Waals surface area contributed by atoms with Gasteiger partial charge in [-0.15, -0.1) is 0 Å². The van der Waals surface area contributed by atoms with E-state index in [1.807, 2.05) is 0 Å². The molecule has 0 unspecified atom stereocenters. The number of rotatable bonds is 7. The number of hydrogen-bond acceptors (Lipinski definition) is 4. The second kappa shape index (κ2) is 11.4. The first-order valence-corrected chi connectivity index (χ1v) is 11.8. The highest BCUT2D eigenvalue weighted by atomic mass is 35.5. The number of amides is 2. The zero-order chi connectivity index (χ0) is 25.7. The van der Waals surface area contributed by atoms with Gasteiger partial charge >= 0.3 is 0 Å². The number of hydrogen-bond donors (Lipinski definition) is 2. The number of nitrogens with one attached hydrogen (secondary N) is 2. The van der Waals surface area contributed by atoms with Crippen molar-refractivity contribution in [2.45, 2.75) is 0 Å². The Morgan fingerprint density at radius 1 is 0.889 bits per heavy atom. The van der Waals surface area contributed by atoms with E-state index < -0.39 is 0 Å². The van der Waals surface area contributed by atoms with E-state index in [0.29, 0.717) is 54.8 Å². The summed E-state index contributed by atoms with van der Waals surface area (Å²) in [5.41, 5.74) is 1.89. The molecule has 0 saturated carbocycles. The first kappa shape index (κ1) is 25.4. The summed E-state index contributed by atoms with van der Waals surface area (Å²) in [4.78, 5) is 25.0. The predicted molar refractivity (Wildman–Crippen MR) is 144 cm³/mol. The number of benzene rings is 3. The number of halogens is 3. The van der Waals surface area contributed by atoms with Crippen LogP contribution >= 0.6 is 34.8 Å². The van der Waals surface area contributed by atoms with Gasteiger partial charge < -0.3 is 19.8 Å². The molecule has 0 fully saturated rings. The average Bonchev–Trinajstić information content (AvgIpc) is 3.34. The van der Waals surface area contributed by atoms with Crippen LogP contribution in [-0.2, 0) is 4.79 Å². The van der Waals surface area contributed by atoms with Crippen molar-refractivity contribution in [2.24, 2.45) is 0 Å². The Kier molecular flexibility index (Phi) is 8.00. The lowest BCUT2D eigenvalue weighted by atomic mass is 10.2. The van der Waals surface area contributed by atoms with Crippen LogP contribution in [0.3, 0.4) is 0 Å². The van der Waals surface area contributed by atoms with E-state index in [1.54, 1.807) is 72.8 Å². The molecule has 0 aliphatic rings. The van der Waals surface area contributed by atoms with Gasteiger partial charge in [0.2, 0.25) is 5.91 Å². The van der Waals surface area contributed by atoms with Gasteiger partial charge in [-0.2, -0.15) is 0 Å². The molecule has 3 aromatic carbocycles. The van der Waals surface area contributed by atoms with Gasteiger partial charge in [-0.3, -0.25) is 9.59 Å². The Labute approximate surface area is 222 Å². The third-order valence-electron chi connectivity index (χ3n) is 5.08. The number of carbonyl (C=O) groups excluding carboxylic acids is 2. The number of furan rings is 1. The van der Waals surface area contributed by atoms with Gasteiger partial charge in [-0.25, -0.2) is 0 Å². The Morgan fingerprint density at radius 2 is 1.67 bits per heavy atom. The van der Waals surface area contributed by atoms with Gasteiger partial charge in [0.05, 0.1) is 33.4 Å². The Morgan fingerprint density at radius 3 is 2.44 bits per heavy atom. The van der Waals surface area contributed by atoms with Crippen molar-refractivity contribution in [3.05, 3.63) is 105 Å². The van der Waals surface area contributed by atoms with Crippen molar-refractivity contribution in [1.82, 2.24) is 0 Å². The standard InChI is InChI=1S/C27H19Cl3N2O4/c1-35-24-15-16(9-12-22(24)32-27(34)18-5-2-3-7-20(18)28)31-25(33)14-11-17-10-13-23(36-17)19-6-4-8-21(29)26(19)30/h2-15H,1H3,(H,31,33)(H,32,34). The summed E-state index contributed by atoms with van der Waals surface area (Å²) < 4.78 is 11.1. The molecule has 4 rings (SSSR count). The summed E-state index contributed by atoms with van der Waals surface area (Å²) in [5, 5.41) is 6.66. The van der Waals surface area contributed by atoms with Crippen LogP contribution in [0, 0.1) is 0 Å². The number of ether oxygens (including phenoxy) is 1. The van der Waals surface area contributed by atoms with Crippen LogP contribution in [0.5, 0.6) is 5.75 Å². The van der Waals surface area contributed by atoms with Crippen molar-refractivity contribution in [3.8, 4) is 17.1 Å². The van der Waals surface area contributed by atoms with E-state index in [0.717, 1.165) is 0 Å². The normalized spacial score (nSPS) is 10.9. The highest BCUT2D eigenvalue weighted by Crippen LogP contribution is 2.34. The molecular formula is C27H19Cl3N2O4. The quantitative estimate of drug-likeness (QED) is 0.234. The Bertz CT molecular complexity index is 1460.